The van der Waals surface area contributed by atoms with Crippen molar-refractivity contribution in [2.45, 2.75) is 6.42 Å². The number of rotatable bonds is 2. The number of carboxylic acid groups (broad SMARTS) is 1. The van der Waals surface area contributed by atoms with Crippen molar-refractivity contribution in [2.75, 3.05) is 0 Å². The second kappa shape index (κ2) is 4.65. The van der Waals surface area contributed by atoms with E-state index < -0.39 is 5.97 Å². The van der Waals surface area contributed by atoms with Crippen molar-refractivity contribution in [1.29, 1.82) is 0 Å². The number of aliphatic carboxylic acids is 1. The third-order valence-corrected chi connectivity index (χ3v) is 3.29. The van der Waals surface area contributed by atoms with Gasteiger partial charge < -0.3 is 9.52 Å². The summed E-state index contributed by atoms with van der Waals surface area (Å²) >= 11 is 5.88. The fourth-order valence-corrected chi connectivity index (χ4v) is 2.33. The highest BCUT2D eigenvalue weighted by Crippen LogP contribution is 2.22. The predicted molar refractivity (Wildman–Crippen MR) is 76.3 cm³/mol. The second-order valence-corrected chi connectivity index (χ2v) is 4.91. The van der Waals surface area contributed by atoms with Gasteiger partial charge in [-0.3, -0.25) is 9.59 Å². The molecule has 3 rings (SSSR count). The summed E-state index contributed by atoms with van der Waals surface area (Å²) in [6.07, 6.45) is -0.136. The zero-order valence-electron chi connectivity index (χ0n) is 10.2. The minimum absolute atomic E-state index is 0.136. The molecule has 0 aliphatic heterocycles. The Balaban J connectivity index is 2.33. The molecule has 0 aliphatic carbocycles. The largest absolute Gasteiger partial charge is 0.481 e. The van der Waals surface area contributed by atoms with Gasteiger partial charge in [-0.15, -0.1) is 0 Å². The highest BCUT2D eigenvalue weighted by Gasteiger charge is 2.10. The van der Waals surface area contributed by atoms with Crippen LogP contribution in [0.1, 0.15) is 5.56 Å². The summed E-state index contributed by atoms with van der Waals surface area (Å²) in [5.74, 6) is -0.947. The van der Waals surface area contributed by atoms with E-state index >= 15 is 0 Å². The van der Waals surface area contributed by atoms with E-state index in [1.54, 1.807) is 36.4 Å². The Labute approximate surface area is 118 Å². The molecule has 0 bridgehead atoms. The molecular weight excluding hydrogens is 280 g/mol. The summed E-state index contributed by atoms with van der Waals surface area (Å²) in [5, 5.41) is 9.99. The Morgan fingerprint density at radius 2 is 1.75 bits per heavy atom. The Morgan fingerprint density at radius 1 is 1.10 bits per heavy atom. The lowest BCUT2D eigenvalue weighted by molar-refractivity contribution is -0.136. The van der Waals surface area contributed by atoms with E-state index in [0.29, 0.717) is 32.5 Å². The molecule has 0 fully saturated rings. The number of fused-ring (bicyclic) bond motifs is 2. The maximum absolute atomic E-state index is 12.4. The van der Waals surface area contributed by atoms with Crippen molar-refractivity contribution in [1.82, 2.24) is 0 Å². The van der Waals surface area contributed by atoms with Crippen molar-refractivity contribution in [3.8, 4) is 0 Å². The first kappa shape index (κ1) is 12.7. The number of hydrogen-bond acceptors (Lipinski definition) is 3. The van der Waals surface area contributed by atoms with Gasteiger partial charge in [-0.2, -0.15) is 0 Å². The number of hydrogen-bond donors (Lipinski definition) is 1. The second-order valence-electron chi connectivity index (χ2n) is 4.47. The van der Waals surface area contributed by atoms with E-state index in [2.05, 4.69) is 0 Å². The zero-order chi connectivity index (χ0) is 14.3. The lowest BCUT2D eigenvalue weighted by Gasteiger charge is -2.03. The molecule has 1 N–H and O–H groups in total. The lowest BCUT2D eigenvalue weighted by Crippen LogP contribution is -2.04. The Morgan fingerprint density at radius 3 is 2.45 bits per heavy atom. The topological polar surface area (TPSA) is 67.5 Å². The SMILES string of the molecule is O=C(O)Cc1ccc2oc3ccc(Cl)cc3c(=O)c2c1. The van der Waals surface area contributed by atoms with Crippen LogP contribution in [0.5, 0.6) is 0 Å². The van der Waals surface area contributed by atoms with E-state index in [-0.39, 0.29) is 11.8 Å². The smallest absolute Gasteiger partial charge is 0.307 e. The first-order valence-corrected chi connectivity index (χ1v) is 6.29. The number of benzene rings is 2. The van der Waals surface area contributed by atoms with Crippen LogP contribution in [0.3, 0.4) is 0 Å². The van der Waals surface area contributed by atoms with E-state index in [4.69, 9.17) is 21.1 Å². The fraction of sp³-hybridized carbons (Fsp3) is 0.0667. The van der Waals surface area contributed by atoms with Gasteiger partial charge in [0.1, 0.15) is 11.2 Å². The van der Waals surface area contributed by atoms with Crippen molar-refractivity contribution in [3.05, 3.63) is 57.2 Å². The van der Waals surface area contributed by atoms with E-state index in [1.807, 2.05) is 0 Å². The maximum Gasteiger partial charge on any atom is 0.307 e. The van der Waals surface area contributed by atoms with E-state index in [1.165, 1.54) is 0 Å². The molecule has 20 heavy (non-hydrogen) atoms. The summed E-state index contributed by atoms with van der Waals surface area (Å²) in [6.45, 7) is 0. The third-order valence-electron chi connectivity index (χ3n) is 3.05. The predicted octanol–water partition coefficient (Wildman–Crippen LogP) is 3.23. The number of halogens is 1. The van der Waals surface area contributed by atoms with Gasteiger partial charge >= 0.3 is 5.97 Å². The Bertz CT molecular complexity index is 895. The maximum atomic E-state index is 12.4. The lowest BCUT2D eigenvalue weighted by atomic mass is 10.1. The van der Waals surface area contributed by atoms with Crippen LogP contribution < -0.4 is 5.43 Å². The van der Waals surface area contributed by atoms with Crippen LogP contribution in [-0.4, -0.2) is 11.1 Å². The fourth-order valence-electron chi connectivity index (χ4n) is 2.16. The zero-order valence-corrected chi connectivity index (χ0v) is 11.0. The molecule has 0 saturated heterocycles. The normalized spacial score (nSPS) is 11.1. The van der Waals surface area contributed by atoms with Crippen LogP contribution in [0.15, 0.2) is 45.6 Å². The molecule has 0 saturated carbocycles. The minimum atomic E-state index is -0.947. The molecule has 0 spiro atoms. The summed E-state index contributed by atoms with van der Waals surface area (Å²) in [7, 11) is 0. The molecule has 0 radical (unpaired) electrons. The summed E-state index contributed by atoms with van der Waals surface area (Å²) in [5.41, 5.74) is 1.23. The molecule has 0 unspecified atom stereocenters. The van der Waals surface area contributed by atoms with Gasteiger partial charge in [-0.1, -0.05) is 17.7 Å². The Hall–Kier alpha value is -2.33. The average molecular weight is 289 g/mol. The van der Waals surface area contributed by atoms with Crippen molar-refractivity contribution in [3.63, 3.8) is 0 Å². The molecule has 0 aliphatic rings. The summed E-state index contributed by atoms with van der Waals surface area (Å²) in [6, 6.07) is 9.65. The van der Waals surface area contributed by atoms with Gasteiger partial charge in [0.25, 0.3) is 0 Å². The van der Waals surface area contributed by atoms with Gasteiger partial charge in [-0.25, -0.2) is 0 Å². The molecule has 5 heteroatoms. The van der Waals surface area contributed by atoms with Crippen LogP contribution >= 0.6 is 11.6 Å². The van der Waals surface area contributed by atoms with Crippen LogP contribution in [0.25, 0.3) is 21.9 Å². The van der Waals surface area contributed by atoms with Gasteiger partial charge in [0.15, 0.2) is 0 Å². The van der Waals surface area contributed by atoms with Gasteiger partial charge in [-0.05, 0) is 35.9 Å². The molecule has 4 nitrogen and oxygen atoms in total. The molecule has 1 aromatic heterocycles. The Kier molecular flexibility index (Phi) is 2.95. The monoisotopic (exact) mass is 288 g/mol. The van der Waals surface area contributed by atoms with E-state index in [9.17, 15) is 9.59 Å². The average Bonchev–Trinajstić information content (AvgIpc) is 2.40. The molecule has 0 amide bonds. The third kappa shape index (κ3) is 2.14. The van der Waals surface area contributed by atoms with Crippen LogP contribution in [0.4, 0.5) is 0 Å². The minimum Gasteiger partial charge on any atom is -0.481 e. The molecule has 0 atom stereocenters. The quantitative estimate of drug-likeness (QED) is 0.735. The summed E-state index contributed by atoms with van der Waals surface area (Å²) < 4.78 is 5.64. The van der Waals surface area contributed by atoms with Crippen LogP contribution in [0.2, 0.25) is 5.02 Å². The highest BCUT2D eigenvalue weighted by molar-refractivity contribution is 6.31. The number of carbonyl (C=O) groups is 1. The first-order chi connectivity index (χ1) is 9.54. The van der Waals surface area contributed by atoms with Gasteiger partial charge in [0.05, 0.1) is 17.2 Å². The highest BCUT2D eigenvalue weighted by atomic mass is 35.5. The first-order valence-electron chi connectivity index (χ1n) is 5.91. The molecular formula is C15H9ClO4. The van der Waals surface area contributed by atoms with Crippen molar-refractivity contribution < 1.29 is 14.3 Å². The molecule has 3 aromatic rings. The van der Waals surface area contributed by atoms with Crippen molar-refractivity contribution >= 4 is 39.5 Å². The van der Waals surface area contributed by atoms with Crippen molar-refractivity contribution in [2.24, 2.45) is 0 Å². The van der Waals surface area contributed by atoms with Crippen LogP contribution in [-0.2, 0) is 11.2 Å². The molecule has 1 heterocycles. The number of carboxylic acids is 1. The van der Waals surface area contributed by atoms with Gasteiger partial charge in [0.2, 0.25) is 5.43 Å². The van der Waals surface area contributed by atoms with E-state index in [0.717, 1.165) is 0 Å². The summed E-state index contributed by atoms with van der Waals surface area (Å²) in [4.78, 5) is 23.1. The molecule has 2 aromatic carbocycles. The standard InChI is InChI=1S/C15H9ClO4/c16-9-2-4-13-11(7-9)15(19)10-5-8(6-14(17)18)1-3-12(10)20-13/h1-5,7H,6H2,(H,17,18). The molecule has 100 valence electrons. The van der Waals surface area contributed by atoms with Gasteiger partial charge in [0, 0.05) is 5.02 Å². The van der Waals surface area contributed by atoms with Crippen LogP contribution in [0, 0.1) is 0 Å².